The topological polar surface area (TPSA) is 39.7 Å². The van der Waals surface area contributed by atoms with Crippen LogP contribution in [0.3, 0.4) is 0 Å². The van der Waals surface area contributed by atoms with E-state index in [1.54, 1.807) is 0 Å². The molecule has 2 N–H and O–H groups in total. The van der Waals surface area contributed by atoms with Crippen molar-refractivity contribution < 1.29 is 0 Å². The maximum Gasteiger partial charge on any atom is 0.191 e. The number of rotatable bonds is 7. The number of hydrogen-bond acceptors (Lipinski definition) is 3. The predicted molar refractivity (Wildman–Crippen MR) is 101 cm³/mol. The molecule has 0 bridgehead atoms. The summed E-state index contributed by atoms with van der Waals surface area (Å²) in [6.07, 6.45) is 5.24. The van der Waals surface area contributed by atoms with E-state index in [4.69, 9.17) is 0 Å². The van der Waals surface area contributed by atoms with E-state index in [2.05, 4.69) is 46.5 Å². The van der Waals surface area contributed by atoms with Gasteiger partial charge in [0.05, 0.1) is 6.54 Å². The molecule has 0 amide bonds. The van der Waals surface area contributed by atoms with Gasteiger partial charge in [-0.3, -0.25) is 4.99 Å². The maximum absolute atomic E-state index is 4.30. The molecule has 130 valence electrons. The second-order valence-electron chi connectivity index (χ2n) is 6.62. The van der Waals surface area contributed by atoms with Gasteiger partial charge >= 0.3 is 0 Å². The number of guanidine groups is 1. The van der Waals surface area contributed by atoms with Crippen LogP contribution in [0, 0.1) is 12.8 Å². The fourth-order valence-electron chi connectivity index (χ4n) is 3.13. The summed E-state index contributed by atoms with van der Waals surface area (Å²) in [7, 11) is 1.84. The minimum Gasteiger partial charge on any atom is -0.356 e. The molecule has 0 aromatic carbocycles. The third-order valence-corrected chi connectivity index (χ3v) is 5.39. The highest BCUT2D eigenvalue weighted by atomic mass is 32.1. The normalized spacial score (nSPS) is 19.8. The van der Waals surface area contributed by atoms with E-state index < -0.39 is 0 Å². The van der Waals surface area contributed by atoms with Crippen molar-refractivity contribution in [2.45, 2.75) is 46.1 Å². The summed E-state index contributed by atoms with van der Waals surface area (Å²) in [5.41, 5.74) is 0. The van der Waals surface area contributed by atoms with Crippen molar-refractivity contribution in [3.05, 3.63) is 21.9 Å². The van der Waals surface area contributed by atoms with Gasteiger partial charge in [-0.2, -0.15) is 0 Å². The Bertz CT molecular complexity index is 483. The average molecular weight is 337 g/mol. The first kappa shape index (κ1) is 18.3. The summed E-state index contributed by atoms with van der Waals surface area (Å²) in [6, 6.07) is 4.35. The SMILES string of the molecule is CN=C(NCCCCN1CCCC(C)C1)NCc1ccc(C)s1. The van der Waals surface area contributed by atoms with Gasteiger partial charge in [0.1, 0.15) is 0 Å². The van der Waals surface area contributed by atoms with Crippen LogP contribution < -0.4 is 10.6 Å². The Kier molecular flexibility index (Phi) is 7.89. The van der Waals surface area contributed by atoms with Gasteiger partial charge in [-0.25, -0.2) is 0 Å². The van der Waals surface area contributed by atoms with Crippen LogP contribution >= 0.6 is 11.3 Å². The molecular weight excluding hydrogens is 304 g/mol. The quantitative estimate of drug-likeness (QED) is 0.456. The summed E-state index contributed by atoms with van der Waals surface area (Å²) >= 11 is 1.84. The largest absolute Gasteiger partial charge is 0.356 e. The summed E-state index contributed by atoms with van der Waals surface area (Å²) in [4.78, 5) is 9.63. The van der Waals surface area contributed by atoms with Gasteiger partial charge < -0.3 is 15.5 Å². The van der Waals surface area contributed by atoms with Crippen LogP contribution in [0.4, 0.5) is 0 Å². The van der Waals surface area contributed by atoms with Gasteiger partial charge in [0, 0.05) is 29.9 Å². The van der Waals surface area contributed by atoms with E-state index >= 15 is 0 Å². The fraction of sp³-hybridized carbons (Fsp3) is 0.722. The predicted octanol–water partition coefficient (Wildman–Crippen LogP) is 3.23. The number of nitrogens with one attached hydrogen (secondary N) is 2. The van der Waals surface area contributed by atoms with Crippen molar-refractivity contribution in [2.24, 2.45) is 10.9 Å². The van der Waals surface area contributed by atoms with Crippen molar-refractivity contribution in [1.29, 1.82) is 0 Å². The molecule has 1 unspecified atom stereocenters. The molecule has 1 aromatic heterocycles. The molecule has 1 fully saturated rings. The van der Waals surface area contributed by atoms with E-state index in [9.17, 15) is 0 Å². The summed E-state index contributed by atoms with van der Waals surface area (Å²) in [6.45, 7) is 10.2. The standard InChI is InChI=1S/C18H32N4S/c1-15-7-6-12-22(14-15)11-5-4-10-20-18(19-3)21-13-17-9-8-16(2)23-17/h8-9,15H,4-7,10-14H2,1-3H3,(H2,19,20,21). The minimum absolute atomic E-state index is 0.851. The second kappa shape index (κ2) is 9.93. The summed E-state index contributed by atoms with van der Waals surface area (Å²) in [5.74, 6) is 1.79. The molecule has 1 aromatic rings. The number of likely N-dealkylation sites (tertiary alicyclic amines) is 1. The number of aliphatic imine (C=N–C) groups is 1. The van der Waals surface area contributed by atoms with Crippen LogP contribution in [-0.2, 0) is 6.54 Å². The van der Waals surface area contributed by atoms with E-state index in [-0.39, 0.29) is 0 Å². The zero-order chi connectivity index (χ0) is 16.5. The summed E-state index contributed by atoms with van der Waals surface area (Å²) < 4.78 is 0. The van der Waals surface area contributed by atoms with E-state index in [0.29, 0.717) is 0 Å². The molecule has 1 aliphatic rings. The fourth-order valence-corrected chi connectivity index (χ4v) is 3.96. The number of piperidine rings is 1. The molecular formula is C18H32N4S. The first-order valence-corrected chi connectivity index (χ1v) is 9.71. The molecule has 23 heavy (non-hydrogen) atoms. The van der Waals surface area contributed by atoms with Gasteiger partial charge in [0.15, 0.2) is 5.96 Å². The molecule has 0 spiro atoms. The van der Waals surface area contributed by atoms with Gasteiger partial charge in [0.25, 0.3) is 0 Å². The van der Waals surface area contributed by atoms with E-state index in [0.717, 1.165) is 25.0 Å². The Morgan fingerprint density at radius 1 is 1.35 bits per heavy atom. The van der Waals surface area contributed by atoms with Crippen LogP contribution in [0.5, 0.6) is 0 Å². The van der Waals surface area contributed by atoms with Crippen molar-refractivity contribution in [1.82, 2.24) is 15.5 Å². The van der Waals surface area contributed by atoms with Crippen molar-refractivity contribution >= 4 is 17.3 Å². The van der Waals surface area contributed by atoms with Crippen molar-refractivity contribution in [2.75, 3.05) is 33.2 Å². The molecule has 1 saturated heterocycles. The number of hydrogen-bond donors (Lipinski definition) is 2. The molecule has 1 aliphatic heterocycles. The summed E-state index contributed by atoms with van der Waals surface area (Å²) in [5, 5.41) is 6.80. The molecule has 4 nitrogen and oxygen atoms in total. The van der Waals surface area contributed by atoms with Gasteiger partial charge in [0.2, 0.25) is 0 Å². The lowest BCUT2D eigenvalue weighted by molar-refractivity contribution is 0.181. The zero-order valence-corrected chi connectivity index (χ0v) is 15.7. The average Bonchev–Trinajstić information content (AvgIpc) is 2.95. The number of nitrogens with zero attached hydrogens (tertiary/aromatic N) is 2. The number of aryl methyl sites for hydroxylation is 1. The zero-order valence-electron chi connectivity index (χ0n) is 14.9. The first-order valence-electron chi connectivity index (χ1n) is 8.89. The van der Waals surface area contributed by atoms with Gasteiger partial charge in [-0.1, -0.05) is 6.92 Å². The van der Waals surface area contributed by atoms with Crippen LogP contribution in [0.2, 0.25) is 0 Å². The molecule has 2 rings (SSSR count). The highest BCUT2D eigenvalue weighted by Crippen LogP contribution is 2.15. The minimum atomic E-state index is 0.851. The van der Waals surface area contributed by atoms with Gasteiger partial charge in [-0.05, 0) is 63.7 Å². The number of thiophene rings is 1. The van der Waals surface area contributed by atoms with Crippen LogP contribution in [-0.4, -0.2) is 44.1 Å². The Morgan fingerprint density at radius 2 is 2.22 bits per heavy atom. The third kappa shape index (κ3) is 6.92. The van der Waals surface area contributed by atoms with Crippen LogP contribution in [0.1, 0.15) is 42.4 Å². The van der Waals surface area contributed by atoms with Gasteiger partial charge in [-0.15, -0.1) is 11.3 Å². The Labute approximate surface area is 145 Å². The molecule has 0 aliphatic carbocycles. The monoisotopic (exact) mass is 336 g/mol. The van der Waals surface area contributed by atoms with E-state index in [1.165, 1.54) is 55.1 Å². The molecule has 0 radical (unpaired) electrons. The smallest absolute Gasteiger partial charge is 0.191 e. The maximum atomic E-state index is 4.30. The second-order valence-corrected chi connectivity index (χ2v) is 7.99. The Morgan fingerprint density at radius 3 is 2.91 bits per heavy atom. The lowest BCUT2D eigenvalue weighted by Crippen LogP contribution is -2.38. The lowest BCUT2D eigenvalue weighted by atomic mass is 10.0. The molecule has 2 heterocycles. The highest BCUT2D eigenvalue weighted by Gasteiger charge is 2.15. The van der Waals surface area contributed by atoms with Crippen LogP contribution in [0.25, 0.3) is 0 Å². The number of unbranched alkanes of at least 4 members (excludes halogenated alkanes) is 1. The third-order valence-electron chi connectivity index (χ3n) is 4.38. The lowest BCUT2D eigenvalue weighted by Gasteiger charge is -2.30. The highest BCUT2D eigenvalue weighted by molar-refractivity contribution is 7.11. The first-order chi connectivity index (χ1) is 11.2. The van der Waals surface area contributed by atoms with Crippen LogP contribution in [0.15, 0.2) is 17.1 Å². The molecule has 5 heteroatoms. The van der Waals surface area contributed by atoms with E-state index in [1.807, 2.05) is 18.4 Å². The Balaban J connectivity index is 1.55. The molecule has 1 atom stereocenters. The molecule has 0 saturated carbocycles. The Hall–Kier alpha value is -1.07. The van der Waals surface area contributed by atoms with Crippen molar-refractivity contribution in [3.8, 4) is 0 Å². The van der Waals surface area contributed by atoms with Crippen molar-refractivity contribution in [3.63, 3.8) is 0 Å².